The highest BCUT2D eigenvalue weighted by Crippen LogP contribution is 2.30. The molecule has 0 aromatic rings. The summed E-state index contributed by atoms with van der Waals surface area (Å²) >= 11 is 0. The van der Waals surface area contributed by atoms with Crippen LogP contribution in [-0.2, 0) is 4.79 Å². The standard InChI is InChI=1S/C15H27N3O/c1-11-9-12(5-7-16-11)15(19)18-8-6-13-3-4-14(10-18)17(13)2/h11-14,16H,3-10H2,1-2H3/t11-,12-,13?,14?/m0/s1. The van der Waals surface area contributed by atoms with E-state index in [-0.39, 0.29) is 5.92 Å². The van der Waals surface area contributed by atoms with Crippen molar-refractivity contribution in [1.82, 2.24) is 15.1 Å². The van der Waals surface area contributed by atoms with Crippen LogP contribution in [0.5, 0.6) is 0 Å². The van der Waals surface area contributed by atoms with Crippen LogP contribution >= 0.6 is 0 Å². The SMILES string of the molecule is C[C@H]1C[C@@H](C(=O)N2CCC3CCC(C2)N3C)CCN1. The molecule has 4 nitrogen and oxygen atoms in total. The molecule has 2 bridgehead atoms. The summed E-state index contributed by atoms with van der Waals surface area (Å²) < 4.78 is 0. The van der Waals surface area contributed by atoms with Crippen molar-refractivity contribution in [1.29, 1.82) is 0 Å². The second-order valence-corrected chi connectivity index (χ2v) is 6.70. The normalized spacial score (nSPS) is 40.2. The highest BCUT2D eigenvalue weighted by molar-refractivity contribution is 5.79. The van der Waals surface area contributed by atoms with Crippen LogP contribution in [0.25, 0.3) is 0 Å². The number of hydrogen-bond donors (Lipinski definition) is 1. The number of carbonyl (C=O) groups is 1. The third-order valence-corrected chi connectivity index (χ3v) is 5.43. The lowest BCUT2D eigenvalue weighted by Crippen LogP contribution is -2.46. The second-order valence-electron chi connectivity index (χ2n) is 6.70. The summed E-state index contributed by atoms with van der Waals surface area (Å²) in [5.41, 5.74) is 0. The molecular formula is C15H27N3O. The molecule has 3 aliphatic rings. The molecule has 3 aliphatic heterocycles. The Hall–Kier alpha value is -0.610. The molecule has 2 unspecified atom stereocenters. The number of amides is 1. The minimum Gasteiger partial charge on any atom is -0.341 e. The summed E-state index contributed by atoms with van der Waals surface area (Å²) in [6.07, 6.45) is 5.79. The van der Waals surface area contributed by atoms with Gasteiger partial charge < -0.3 is 10.2 Å². The first-order valence-corrected chi connectivity index (χ1v) is 7.89. The fraction of sp³-hybridized carbons (Fsp3) is 0.933. The smallest absolute Gasteiger partial charge is 0.225 e. The second kappa shape index (κ2) is 5.41. The molecule has 1 amide bonds. The number of nitrogens with one attached hydrogen (secondary N) is 1. The zero-order valence-electron chi connectivity index (χ0n) is 12.3. The Balaban J connectivity index is 1.64. The van der Waals surface area contributed by atoms with Gasteiger partial charge in [-0.25, -0.2) is 0 Å². The molecule has 19 heavy (non-hydrogen) atoms. The van der Waals surface area contributed by atoms with Gasteiger partial charge in [0.15, 0.2) is 0 Å². The Morgan fingerprint density at radius 2 is 1.95 bits per heavy atom. The Kier molecular flexibility index (Phi) is 3.81. The predicted molar refractivity (Wildman–Crippen MR) is 76.0 cm³/mol. The van der Waals surface area contributed by atoms with E-state index in [2.05, 4.69) is 29.1 Å². The van der Waals surface area contributed by atoms with Crippen LogP contribution in [-0.4, -0.2) is 60.5 Å². The van der Waals surface area contributed by atoms with Crippen LogP contribution in [0.4, 0.5) is 0 Å². The predicted octanol–water partition coefficient (Wildman–Crippen LogP) is 1.07. The number of likely N-dealkylation sites (tertiary alicyclic amines) is 1. The van der Waals surface area contributed by atoms with Gasteiger partial charge in [0.2, 0.25) is 5.91 Å². The molecule has 108 valence electrons. The number of nitrogens with zero attached hydrogens (tertiary/aromatic N) is 2. The summed E-state index contributed by atoms with van der Waals surface area (Å²) in [4.78, 5) is 17.4. The maximum atomic E-state index is 12.7. The van der Waals surface area contributed by atoms with Crippen molar-refractivity contribution in [3.8, 4) is 0 Å². The average Bonchev–Trinajstić information content (AvgIpc) is 2.62. The zero-order valence-corrected chi connectivity index (χ0v) is 12.3. The highest BCUT2D eigenvalue weighted by Gasteiger charge is 2.37. The Morgan fingerprint density at radius 1 is 1.16 bits per heavy atom. The van der Waals surface area contributed by atoms with Crippen LogP contribution in [0.2, 0.25) is 0 Å². The largest absolute Gasteiger partial charge is 0.341 e. The maximum absolute atomic E-state index is 12.7. The van der Waals surface area contributed by atoms with E-state index in [0.717, 1.165) is 38.5 Å². The van der Waals surface area contributed by atoms with Gasteiger partial charge in [-0.05, 0) is 52.6 Å². The summed E-state index contributed by atoms with van der Waals surface area (Å²) in [5.74, 6) is 0.687. The van der Waals surface area contributed by atoms with Crippen LogP contribution in [0.1, 0.15) is 39.0 Å². The molecule has 4 heteroatoms. The molecule has 0 saturated carbocycles. The Bertz CT molecular complexity index is 346. The van der Waals surface area contributed by atoms with E-state index in [9.17, 15) is 4.79 Å². The van der Waals surface area contributed by atoms with Gasteiger partial charge in [0.25, 0.3) is 0 Å². The number of likely N-dealkylation sites (N-methyl/N-ethyl adjacent to an activating group) is 1. The monoisotopic (exact) mass is 265 g/mol. The number of carbonyl (C=O) groups excluding carboxylic acids is 1. The quantitative estimate of drug-likeness (QED) is 0.770. The fourth-order valence-electron chi connectivity index (χ4n) is 4.12. The molecule has 3 rings (SSSR count). The first-order chi connectivity index (χ1) is 9.15. The number of piperidine rings is 1. The van der Waals surface area contributed by atoms with Crippen molar-refractivity contribution < 1.29 is 4.79 Å². The van der Waals surface area contributed by atoms with Crippen molar-refractivity contribution in [2.24, 2.45) is 5.92 Å². The topological polar surface area (TPSA) is 35.6 Å². The first kappa shape index (κ1) is 13.4. The van der Waals surface area contributed by atoms with Crippen molar-refractivity contribution in [2.75, 3.05) is 26.7 Å². The van der Waals surface area contributed by atoms with Crippen molar-refractivity contribution in [2.45, 2.75) is 57.2 Å². The maximum Gasteiger partial charge on any atom is 0.225 e. The van der Waals surface area contributed by atoms with E-state index in [0.29, 0.717) is 18.0 Å². The molecule has 0 spiro atoms. The van der Waals surface area contributed by atoms with Gasteiger partial charge in [-0.15, -0.1) is 0 Å². The number of hydrogen-bond acceptors (Lipinski definition) is 3. The summed E-state index contributed by atoms with van der Waals surface area (Å²) in [6.45, 7) is 5.13. The molecule has 0 radical (unpaired) electrons. The molecule has 3 saturated heterocycles. The summed E-state index contributed by atoms with van der Waals surface area (Å²) in [6, 6.07) is 1.82. The molecule has 4 atom stereocenters. The van der Waals surface area contributed by atoms with E-state index < -0.39 is 0 Å². The van der Waals surface area contributed by atoms with Crippen LogP contribution in [0.3, 0.4) is 0 Å². The summed E-state index contributed by atoms with van der Waals surface area (Å²) in [5, 5.41) is 3.44. The molecule has 3 heterocycles. The van der Waals surface area contributed by atoms with Gasteiger partial charge in [0.1, 0.15) is 0 Å². The van der Waals surface area contributed by atoms with E-state index >= 15 is 0 Å². The van der Waals surface area contributed by atoms with E-state index in [4.69, 9.17) is 0 Å². The molecular weight excluding hydrogens is 238 g/mol. The minimum absolute atomic E-state index is 0.262. The summed E-state index contributed by atoms with van der Waals surface area (Å²) in [7, 11) is 2.24. The van der Waals surface area contributed by atoms with Gasteiger partial charge in [-0.2, -0.15) is 0 Å². The number of fused-ring (bicyclic) bond motifs is 2. The lowest BCUT2D eigenvalue weighted by molar-refractivity contribution is -0.137. The minimum atomic E-state index is 0.262. The zero-order chi connectivity index (χ0) is 13.4. The average molecular weight is 265 g/mol. The van der Waals surface area contributed by atoms with Gasteiger partial charge in [-0.3, -0.25) is 9.69 Å². The first-order valence-electron chi connectivity index (χ1n) is 7.89. The van der Waals surface area contributed by atoms with E-state index in [1.165, 1.54) is 19.3 Å². The fourth-order valence-corrected chi connectivity index (χ4v) is 4.12. The van der Waals surface area contributed by atoms with Gasteiger partial charge in [-0.1, -0.05) is 0 Å². The Labute approximate surface area is 116 Å². The lowest BCUT2D eigenvalue weighted by atomic mass is 9.91. The van der Waals surface area contributed by atoms with Crippen LogP contribution in [0.15, 0.2) is 0 Å². The highest BCUT2D eigenvalue weighted by atomic mass is 16.2. The third kappa shape index (κ3) is 2.65. The van der Waals surface area contributed by atoms with Gasteiger partial charge in [0.05, 0.1) is 0 Å². The molecule has 0 aliphatic carbocycles. The van der Waals surface area contributed by atoms with Crippen molar-refractivity contribution in [3.05, 3.63) is 0 Å². The third-order valence-electron chi connectivity index (χ3n) is 5.43. The van der Waals surface area contributed by atoms with Gasteiger partial charge >= 0.3 is 0 Å². The number of rotatable bonds is 1. The molecule has 3 fully saturated rings. The molecule has 1 N–H and O–H groups in total. The van der Waals surface area contributed by atoms with Crippen molar-refractivity contribution >= 4 is 5.91 Å². The van der Waals surface area contributed by atoms with Crippen LogP contribution < -0.4 is 5.32 Å². The van der Waals surface area contributed by atoms with Crippen molar-refractivity contribution in [3.63, 3.8) is 0 Å². The van der Waals surface area contributed by atoms with E-state index in [1.54, 1.807) is 0 Å². The Morgan fingerprint density at radius 3 is 2.74 bits per heavy atom. The lowest BCUT2D eigenvalue weighted by Gasteiger charge is -2.33. The molecule has 0 aromatic heterocycles. The van der Waals surface area contributed by atoms with Crippen LogP contribution in [0, 0.1) is 5.92 Å². The molecule has 0 aromatic carbocycles. The van der Waals surface area contributed by atoms with Gasteiger partial charge in [0, 0.05) is 37.1 Å². The van der Waals surface area contributed by atoms with E-state index in [1.807, 2.05) is 0 Å².